The van der Waals surface area contributed by atoms with E-state index in [2.05, 4.69) is 43.4 Å². The summed E-state index contributed by atoms with van der Waals surface area (Å²) in [6.07, 6.45) is 6.19. The number of aryl methyl sites for hydroxylation is 2. The minimum absolute atomic E-state index is 0.128. The van der Waals surface area contributed by atoms with Crippen LogP contribution in [0.1, 0.15) is 72.1 Å². The van der Waals surface area contributed by atoms with Crippen molar-refractivity contribution in [1.29, 1.82) is 0 Å². The number of hydrogen-bond acceptors (Lipinski definition) is 4. The van der Waals surface area contributed by atoms with Gasteiger partial charge < -0.3 is 15.8 Å². The molecule has 0 spiro atoms. The molecule has 0 aliphatic heterocycles. The van der Waals surface area contributed by atoms with E-state index in [1.165, 1.54) is 43.2 Å². The number of ether oxygens (including phenoxy) is 1. The van der Waals surface area contributed by atoms with E-state index in [1.807, 2.05) is 55.5 Å². The fraction of sp³-hybridized carbons (Fsp3) is 0.367. The van der Waals surface area contributed by atoms with Gasteiger partial charge in [-0.3, -0.25) is 0 Å². The monoisotopic (exact) mass is 458 g/mol. The van der Waals surface area contributed by atoms with E-state index >= 15 is 0 Å². The van der Waals surface area contributed by atoms with E-state index in [0.29, 0.717) is 18.1 Å². The van der Waals surface area contributed by atoms with Gasteiger partial charge in [-0.25, -0.2) is 4.79 Å². The molecular formula is C30H38N2O2. The second kappa shape index (κ2) is 12.8. The third kappa shape index (κ3) is 7.38. The minimum Gasteiger partial charge on any atom is -0.462 e. The van der Waals surface area contributed by atoms with Crippen LogP contribution in [0.2, 0.25) is 0 Å². The van der Waals surface area contributed by atoms with Crippen molar-refractivity contribution in [3.05, 3.63) is 95.1 Å². The van der Waals surface area contributed by atoms with E-state index in [1.54, 1.807) is 0 Å². The Balaban J connectivity index is 0.000000396. The maximum atomic E-state index is 12.2. The first-order valence-corrected chi connectivity index (χ1v) is 12.4. The van der Waals surface area contributed by atoms with Crippen molar-refractivity contribution in [1.82, 2.24) is 0 Å². The predicted octanol–water partition coefficient (Wildman–Crippen LogP) is 7.48. The number of carbonyl (C=O) groups excluding carboxylic acids is 1. The molecule has 4 rings (SSSR count). The molecule has 0 heterocycles. The summed E-state index contributed by atoms with van der Waals surface area (Å²) in [5.41, 5.74) is 12.2. The van der Waals surface area contributed by atoms with Crippen LogP contribution in [0.4, 0.5) is 11.4 Å². The zero-order valence-corrected chi connectivity index (χ0v) is 20.7. The summed E-state index contributed by atoms with van der Waals surface area (Å²) in [6.45, 7) is 6.36. The van der Waals surface area contributed by atoms with Crippen molar-refractivity contribution >= 4 is 17.3 Å². The summed E-state index contributed by atoms with van der Waals surface area (Å²) in [4.78, 5) is 12.2. The van der Waals surface area contributed by atoms with Crippen LogP contribution in [0.3, 0.4) is 0 Å². The van der Waals surface area contributed by atoms with Gasteiger partial charge in [0.25, 0.3) is 0 Å². The van der Waals surface area contributed by atoms with Gasteiger partial charge in [0.05, 0.1) is 29.6 Å². The molecule has 0 saturated heterocycles. The number of nitrogens with one attached hydrogen (secondary N) is 1. The molecule has 0 aromatic heterocycles. The van der Waals surface area contributed by atoms with Crippen LogP contribution in [0.15, 0.2) is 72.8 Å². The van der Waals surface area contributed by atoms with Gasteiger partial charge in [-0.15, -0.1) is 0 Å². The number of hydrogen-bond donors (Lipinski definition) is 2. The topological polar surface area (TPSA) is 64.3 Å². The highest BCUT2D eigenvalue weighted by molar-refractivity contribution is 5.89. The summed E-state index contributed by atoms with van der Waals surface area (Å²) >= 11 is 0. The number of rotatable bonds is 6. The number of benzene rings is 3. The first kappa shape index (κ1) is 25.4. The molecule has 3 aromatic rings. The van der Waals surface area contributed by atoms with Gasteiger partial charge in [0.1, 0.15) is 0 Å². The molecule has 3 aromatic carbocycles. The van der Waals surface area contributed by atoms with E-state index in [0.717, 1.165) is 16.9 Å². The molecule has 0 radical (unpaired) electrons. The van der Waals surface area contributed by atoms with Crippen molar-refractivity contribution in [2.24, 2.45) is 5.92 Å². The lowest BCUT2D eigenvalue weighted by Gasteiger charge is -2.32. The van der Waals surface area contributed by atoms with Crippen molar-refractivity contribution in [2.75, 3.05) is 17.7 Å². The number of carbonyl (C=O) groups is 1. The van der Waals surface area contributed by atoms with Crippen LogP contribution in [-0.4, -0.2) is 12.6 Å². The Morgan fingerprint density at radius 3 is 2.32 bits per heavy atom. The lowest BCUT2D eigenvalue weighted by molar-refractivity contribution is 0.0526. The van der Waals surface area contributed by atoms with Crippen LogP contribution < -0.4 is 11.1 Å². The maximum absolute atomic E-state index is 12.2. The molecule has 1 aliphatic rings. The zero-order valence-electron chi connectivity index (χ0n) is 20.7. The molecule has 1 fully saturated rings. The maximum Gasteiger partial charge on any atom is 0.338 e. The summed E-state index contributed by atoms with van der Waals surface area (Å²) in [5.74, 6) is 0.257. The Kier molecular flexibility index (Phi) is 9.57. The molecule has 0 amide bonds. The van der Waals surface area contributed by atoms with E-state index < -0.39 is 0 Å². The van der Waals surface area contributed by atoms with Gasteiger partial charge >= 0.3 is 5.97 Å². The van der Waals surface area contributed by atoms with Gasteiger partial charge in [0, 0.05) is 0 Å². The van der Waals surface area contributed by atoms with Crippen LogP contribution in [0.5, 0.6) is 0 Å². The number of anilines is 2. The highest BCUT2D eigenvalue weighted by atomic mass is 16.5. The molecule has 34 heavy (non-hydrogen) atoms. The van der Waals surface area contributed by atoms with E-state index in [-0.39, 0.29) is 12.0 Å². The Morgan fingerprint density at radius 2 is 1.68 bits per heavy atom. The van der Waals surface area contributed by atoms with Crippen molar-refractivity contribution < 1.29 is 9.53 Å². The van der Waals surface area contributed by atoms with Crippen molar-refractivity contribution in [3.63, 3.8) is 0 Å². The highest BCUT2D eigenvalue weighted by Gasteiger charge is 2.26. The largest absolute Gasteiger partial charge is 0.462 e. The number of nitrogens with two attached hydrogens (primary N) is 1. The highest BCUT2D eigenvalue weighted by Crippen LogP contribution is 2.38. The molecular weight excluding hydrogens is 420 g/mol. The van der Waals surface area contributed by atoms with Gasteiger partial charge in [-0.2, -0.15) is 0 Å². The first-order chi connectivity index (χ1) is 16.5. The van der Waals surface area contributed by atoms with Crippen LogP contribution in [0, 0.1) is 19.8 Å². The van der Waals surface area contributed by atoms with Gasteiger partial charge in [0.2, 0.25) is 0 Å². The SMILES string of the molecule is CCOC(=O)c1cccc(C(Nc2cc(C)ccc2N)C2CCCCC2)c1.Cc1ccccc1. The first-order valence-electron chi connectivity index (χ1n) is 12.4. The summed E-state index contributed by atoms with van der Waals surface area (Å²) in [7, 11) is 0. The lowest BCUT2D eigenvalue weighted by Crippen LogP contribution is -2.24. The molecule has 1 saturated carbocycles. The Morgan fingerprint density at radius 1 is 0.941 bits per heavy atom. The lowest BCUT2D eigenvalue weighted by atomic mass is 9.80. The predicted molar refractivity (Wildman–Crippen MR) is 142 cm³/mol. The molecule has 1 aliphatic carbocycles. The Hall–Kier alpha value is -3.27. The summed E-state index contributed by atoms with van der Waals surface area (Å²) < 4.78 is 5.18. The standard InChI is InChI=1S/C23H30N2O2.C7H8/c1-3-27-23(26)19-11-7-10-18(15-19)22(17-8-5-4-6-9-17)25-21-14-16(2)12-13-20(21)24;1-7-5-3-2-4-6-7/h7,10-15,17,22,25H,3-6,8-9,24H2,1-2H3;2-6H,1H3. The second-order valence-electron chi connectivity index (χ2n) is 9.11. The van der Waals surface area contributed by atoms with Crippen LogP contribution in [0.25, 0.3) is 0 Å². The fourth-order valence-electron chi connectivity index (χ4n) is 4.51. The average Bonchev–Trinajstić information content (AvgIpc) is 2.86. The molecule has 0 bridgehead atoms. The second-order valence-corrected chi connectivity index (χ2v) is 9.11. The third-order valence-electron chi connectivity index (χ3n) is 6.34. The molecule has 3 N–H and O–H groups in total. The van der Waals surface area contributed by atoms with Gasteiger partial charge in [-0.1, -0.05) is 73.4 Å². The number of nitrogen functional groups attached to an aromatic ring is 1. The van der Waals surface area contributed by atoms with Crippen molar-refractivity contribution in [3.8, 4) is 0 Å². The molecule has 4 heteroatoms. The zero-order chi connectivity index (χ0) is 24.3. The molecule has 180 valence electrons. The molecule has 1 unspecified atom stereocenters. The van der Waals surface area contributed by atoms with Crippen LogP contribution >= 0.6 is 0 Å². The Bertz CT molecular complexity index is 1040. The van der Waals surface area contributed by atoms with Gasteiger partial charge in [0.15, 0.2) is 0 Å². The Labute approximate surface area is 204 Å². The fourth-order valence-corrected chi connectivity index (χ4v) is 4.51. The van der Waals surface area contributed by atoms with Crippen LogP contribution in [-0.2, 0) is 4.74 Å². The van der Waals surface area contributed by atoms with E-state index in [4.69, 9.17) is 10.5 Å². The van der Waals surface area contributed by atoms with Gasteiger partial charge in [-0.05, 0) is 74.9 Å². The quantitative estimate of drug-likeness (QED) is 0.297. The summed E-state index contributed by atoms with van der Waals surface area (Å²) in [6, 6.07) is 24.3. The number of esters is 1. The minimum atomic E-state index is -0.267. The third-order valence-corrected chi connectivity index (χ3v) is 6.34. The molecule has 1 atom stereocenters. The molecule has 4 nitrogen and oxygen atoms in total. The van der Waals surface area contributed by atoms with E-state index in [9.17, 15) is 4.79 Å². The summed E-state index contributed by atoms with van der Waals surface area (Å²) in [5, 5.41) is 3.70. The normalized spacial score (nSPS) is 14.4. The van der Waals surface area contributed by atoms with Crippen molar-refractivity contribution in [2.45, 2.75) is 58.9 Å². The average molecular weight is 459 g/mol. The smallest absolute Gasteiger partial charge is 0.338 e.